The Kier molecular flexibility index (Phi) is 6.28. The van der Waals surface area contributed by atoms with Crippen LogP contribution in [-0.4, -0.2) is 37.4 Å². The first-order valence-corrected chi connectivity index (χ1v) is 9.36. The van der Waals surface area contributed by atoms with Gasteiger partial charge in [0, 0.05) is 31.3 Å². The van der Waals surface area contributed by atoms with Crippen LogP contribution in [0.2, 0.25) is 0 Å². The summed E-state index contributed by atoms with van der Waals surface area (Å²) in [5.74, 6) is 0. The number of piperidine rings is 1. The molecule has 0 aromatic heterocycles. The van der Waals surface area contributed by atoms with Gasteiger partial charge in [0.05, 0.1) is 12.7 Å². The van der Waals surface area contributed by atoms with E-state index < -0.39 is 0 Å². The van der Waals surface area contributed by atoms with Gasteiger partial charge in [-0.15, -0.1) is 0 Å². The van der Waals surface area contributed by atoms with Gasteiger partial charge in [-0.3, -0.25) is 0 Å². The Labute approximate surface area is 146 Å². The minimum atomic E-state index is 0.251. The molecule has 24 heavy (non-hydrogen) atoms. The standard InChI is InChI=1S/C20H32N2O2/c1-20(2)13-18(7-10-22-20)21-14-16-3-5-17(6-4-16)15-24-19-8-11-23-12-9-19/h3-6,18-19,21-22H,7-15H2,1-2H3. The molecule has 2 fully saturated rings. The second-order valence-electron chi connectivity index (χ2n) is 7.82. The molecule has 1 unspecified atom stereocenters. The van der Waals surface area contributed by atoms with E-state index in [1.807, 2.05) is 0 Å². The Morgan fingerprint density at radius 3 is 2.54 bits per heavy atom. The molecule has 0 radical (unpaired) electrons. The monoisotopic (exact) mass is 332 g/mol. The molecule has 2 aliphatic heterocycles. The number of ether oxygens (including phenoxy) is 2. The highest BCUT2D eigenvalue weighted by Gasteiger charge is 2.26. The predicted molar refractivity (Wildman–Crippen MR) is 97.0 cm³/mol. The smallest absolute Gasteiger partial charge is 0.0720 e. The lowest BCUT2D eigenvalue weighted by Gasteiger charge is -2.37. The highest BCUT2D eigenvalue weighted by molar-refractivity contribution is 5.22. The Bertz CT molecular complexity index is 495. The van der Waals surface area contributed by atoms with Crippen molar-refractivity contribution in [3.8, 4) is 0 Å². The van der Waals surface area contributed by atoms with E-state index in [1.165, 1.54) is 24.0 Å². The maximum absolute atomic E-state index is 5.98. The van der Waals surface area contributed by atoms with Gasteiger partial charge in [0.2, 0.25) is 0 Å². The zero-order chi connectivity index (χ0) is 16.8. The SMILES string of the molecule is CC1(C)CC(NCc2ccc(COC3CCOCC3)cc2)CCN1. The second kappa shape index (κ2) is 8.43. The van der Waals surface area contributed by atoms with Crippen LogP contribution in [0.15, 0.2) is 24.3 Å². The van der Waals surface area contributed by atoms with Crippen molar-refractivity contribution in [1.29, 1.82) is 0 Å². The summed E-state index contributed by atoms with van der Waals surface area (Å²) >= 11 is 0. The van der Waals surface area contributed by atoms with E-state index in [-0.39, 0.29) is 5.54 Å². The van der Waals surface area contributed by atoms with Crippen molar-refractivity contribution >= 4 is 0 Å². The summed E-state index contributed by atoms with van der Waals surface area (Å²) in [6, 6.07) is 9.45. The van der Waals surface area contributed by atoms with Gasteiger partial charge in [-0.1, -0.05) is 24.3 Å². The van der Waals surface area contributed by atoms with Crippen LogP contribution in [0.25, 0.3) is 0 Å². The van der Waals surface area contributed by atoms with Gasteiger partial charge in [0.15, 0.2) is 0 Å². The van der Waals surface area contributed by atoms with Crippen LogP contribution in [0, 0.1) is 0 Å². The molecule has 1 atom stereocenters. The molecule has 4 nitrogen and oxygen atoms in total. The van der Waals surface area contributed by atoms with E-state index >= 15 is 0 Å². The molecule has 1 aromatic carbocycles. The molecule has 2 saturated heterocycles. The topological polar surface area (TPSA) is 42.5 Å². The van der Waals surface area contributed by atoms with Gasteiger partial charge in [-0.25, -0.2) is 0 Å². The van der Waals surface area contributed by atoms with Crippen LogP contribution in [0.1, 0.15) is 50.7 Å². The molecule has 2 aliphatic rings. The summed E-state index contributed by atoms with van der Waals surface area (Å²) in [6.45, 7) is 9.00. The number of hydrogen-bond donors (Lipinski definition) is 2. The Morgan fingerprint density at radius 2 is 1.83 bits per heavy atom. The zero-order valence-electron chi connectivity index (χ0n) is 15.1. The maximum atomic E-state index is 5.98. The van der Waals surface area contributed by atoms with E-state index in [4.69, 9.17) is 9.47 Å². The van der Waals surface area contributed by atoms with Crippen molar-refractivity contribution in [2.75, 3.05) is 19.8 Å². The summed E-state index contributed by atoms with van der Waals surface area (Å²) in [5.41, 5.74) is 2.86. The Balaban J connectivity index is 1.41. The molecule has 0 bridgehead atoms. The van der Waals surface area contributed by atoms with E-state index in [2.05, 4.69) is 48.7 Å². The van der Waals surface area contributed by atoms with E-state index in [1.54, 1.807) is 0 Å². The van der Waals surface area contributed by atoms with Crippen LogP contribution in [0.4, 0.5) is 0 Å². The number of benzene rings is 1. The van der Waals surface area contributed by atoms with Crippen LogP contribution in [0.3, 0.4) is 0 Å². The van der Waals surface area contributed by atoms with Crippen LogP contribution in [0.5, 0.6) is 0 Å². The van der Waals surface area contributed by atoms with Crippen molar-refractivity contribution in [1.82, 2.24) is 10.6 Å². The number of rotatable bonds is 6. The van der Waals surface area contributed by atoms with Crippen molar-refractivity contribution in [3.63, 3.8) is 0 Å². The first-order chi connectivity index (χ1) is 11.6. The molecule has 0 spiro atoms. The van der Waals surface area contributed by atoms with Crippen LogP contribution in [-0.2, 0) is 22.6 Å². The summed E-state index contributed by atoms with van der Waals surface area (Å²) in [7, 11) is 0. The van der Waals surface area contributed by atoms with Crippen molar-refractivity contribution in [2.45, 2.75) is 70.4 Å². The van der Waals surface area contributed by atoms with Gasteiger partial charge in [-0.05, 0) is 57.2 Å². The van der Waals surface area contributed by atoms with Crippen LogP contribution < -0.4 is 10.6 Å². The van der Waals surface area contributed by atoms with Gasteiger partial charge in [-0.2, -0.15) is 0 Å². The first kappa shape index (κ1) is 17.9. The normalized spacial score (nSPS) is 24.8. The number of hydrogen-bond acceptors (Lipinski definition) is 4. The maximum Gasteiger partial charge on any atom is 0.0720 e. The van der Waals surface area contributed by atoms with Gasteiger partial charge < -0.3 is 20.1 Å². The average Bonchev–Trinajstić information content (AvgIpc) is 2.59. The van der Waals surface area contributed by atoms with Gasteiger partial charge >= 0.3 is 0 Å². The Hall–Kier alpha value is -0.940. The largest absolute Gasteiger partial charge is 0.381 e. The third-order valence-electron chi connectivity index (χ3n) is 5.12. The quantitative estimate of drug-likeness (QED) is 0.840. The lowest BCUT2D eigenvalue weighted by atomic mass is 9.89. The summed E-state index contributed by atoms with van der Waals surface area (Å²) in [5, 5.41) is 7.28. The van der Waals surface area contributed by atoms with E-state index in [0.717, 1.165) is 39.1 Å². The minimum Gasteiger partial charge on any atom is -0.381 e. The molecule has 4 heteroatoms. The lowest BCUT2D eigenvalue weighted by molar-refractivity contribution is -0.0390. The second-order valence-corrected chi connectivity index (χ2v) is 7.82. The van der Waals surface area contributed by atoms with Crippen molar-refractivity contribution in [2.24, 2.45) is 0 Å². The fourth-order valence-electron chi connectivity index (χ4n) is 3.62. The average molecular weight is 332 g/mol. The number of nitrogens with one attached hydrogen (secondary N) is 2. The van der Waals surface area contributed by atoms with Crippen molar-refractivity contribution < 1.29 is 9.47 Å². The molecular weight excluding hydrogens is 300 g/mol. The molecule has 134 valence electrons. The minimum absolute atomic E-state index is 0.251. The van der Waals surface area contributed by atoms with Crippen molar-refractivity contribution in [3.05, 3.63) is 35.4 Å². The molecule has 2 N–H and O–H groups in total. The third-order valence-corrected chi connectivity index (χ3v) is 5.12. The van der Waals surface area contributed by atoms with E-state index in [9.17, 15) is 0 Å². The van der Waals surface area contributed by atoms with Gasteiger partial charge in [0.1, 0.15) is 0 Å². The fraction of sp³-hybridized carbons (Fsp3) is 0.700. The zero-order valence-corrected chi connectivity index (χ0v) is 15.1. The van der Waals surface area contributed by atoms with Gasteiger partial charge in [0.25, 0.3) is 0 Å². The molecular formula is C20H32N2O2. The summed E-state index contributed by atoms with van der Waals surface area (Å²) < 4.78 is 11.4. The highest BCUT2D eigenvalue weighted by atomic mass is 16.5. The first-order valence-electron chi connectivity index (χ1n) is 9.36. The third kappa shape index (κ3) is 5.55. The Morgan fingerprint density at radius 1 is 1.12 bits per heavy atom. The molecule has 0 saturated carbocycles. The summed E-state index contributed by atoms with van der Waals surface area (Å²) in [6.07, 6.45) is 4.80. The lowest BCUT2D eigenvalue weighted by Crippen LogP contribution is -2.51. The fourth-order valence-corrected chi connectivity index (χ4v) is 3.62. The van der Waals surface area contributed by atoms with Crippen LogP contribution >= 0.6 is 0 Å². The molecule has 1 aromatic rings. The molecule has 3 rings (SSSR count). The molecule has 0 amide bonds. The predicted octanol–water partition coefficient (Wildman–Crippen LogP) is 3.00. The molecule has 2 heterocycles. The molecule has 0 aliphatic carbocycles. The highest BCUT2D eigenvalue weighted by Crippen LogP contribution is 2.19. The summed E-state index contributed by atoms with van der Waals surface area (Å²) in [4.78, 5) is 0. The van der Waals surface area contributed by atoms with E-state index in [0.29, 0.717) is 18.8 Å².